The molecule has 0 fully saturated rings. The van der Waals surface area contributed by atoms with Crippen molar-refractivity contribution < 1.29 is 4.79 Å². The van der Waals surface area contributed by atoms with Crippen LogP contribution in [0.4, 0.5) is 0 Å². The number of hydrogen-bond acceptors (Lipinski definition) is 1. The maximum atomic E-state index is 11.0. The lowest BCUT2D eigenvalue weighted by Gasteiger charge is -2.01. The normalized spacial score (nSPS) is 8.94. The molecule has 0 aliphatic carbocycles. The van der Waals surface area contributed by atoms with Gasteiger partial charge >= 0.3 is 0 Å². The second-order valence-corrected chi connectivity index (χ2v) is 4.02. The van der Waals surface area contributed by atoms with Crippen LogP contribution in [0, 0.1) is 0 Å². The molecule has 2 heteroatoms. The molecule has 0 unspecified atom stereocenters. The highest BCUT2D eigenvalue weighted by Gasteiger charge is 2.04. The Morgan fingerprint density at radius 3 is 1.94 bits per heavy atom. The Hall–Kier alpha value is -1.80. The summed E-state index contributed by atoms with van der Waals surface area (Å²) < 4.78 is 0. The van der Waals surface area contributed by atoms with Crippen LogP contribution in [-0.2, 0) is 6.42 Å². The van der Waals surface area contributed by atoms with E-state index in [1.807, 2.05) is 54.6 Å². The zero-order valence-corrected chi connectivity index (χ0v) is 11.0. The smallest absolute Gasteiger partial charge is 0.216 e. The summed E-state index contributed by atoms with van der Waals surface area (Å²) in [5, 5.41) is -0.188. The van der Waals surface area contributed by atoms with Crippen molar-refractivity contribution in [3.05, 3.63) is 84.4 Å². The highest BCUT2D eigenvalue weighted by Crippen LogP contribution is 2.11. The third-order valence-corrected chi connectivity index (χ3v) is 2.52. The highest BCUT2D eigenvalue weighted by atomic mass is 32.1. The van der Waals surface area contributed by atoms with Crippen LogP contribution in [0.2, 0.25) is 0 Å². The summed E-state index contributed by atoms with van der Waals surface area (Å²) in [5.74, 6) is 0. The fourth-order valence-electron chi connectivity index (χ4n) is 1.45. The number of thiol groups is 1. The highest BCUT2D eigenvalue weighted by molar-refractivity contribution is 7.97. The van der Waals surface area contributed by atoms with Crippen LogP contribution in [0.3, 0.4) is 0 Å². The van der Waals surface area contributed by atoms with E-state index in [0.29, 0.717) is 12.0 Å². The molecule has 0 radical (unpaired) electrons. The molecule has 0 heterocycles. The summed E-state index contributed by atoms with van der Waals surface area (Å²) in [6.45, 7) is 3.62. The molecule has 0 N–H and O–H groups in total. The van der Waals surface area contributed by atoms with Gasteiger partial charge < -0.3 is 0 Å². The Kier molecular flexibility index (Phi) is 6.59. The first-order valence-electron chi connectivity index (χ1n) is 5.68. The van der Waals surface area contributed by atoms with Gasteiger partial charge in [-0.05, 0) is 12.0 Å². The molecule has 0 aromatic heterocycles. The van der Waals surface area contributed by atoms with E-state index in [1.165, 1.54) is 0 Å². The van der Waals surface area contributed by atoms with Crippen LogP contribution in [0.15, 0.2) is 73.3 Å². The monoisotopic (exact) mass is 256 g/mol. The zero-order chi connectivity index (χ0) is 13.2. The third kappa shape index (κ3) is 5.02. The number of carbonyl (C=O) groups is 1. The molecule has 0 amide bonds. The standard InChI is InChI=1S/C10H10OS.C6H6/c1-2-5-8-6-3-4-7-9(8)10(11)12;1-2-4-6-5-3-1/h2-4,6-7H,1,5H2,(H,11,12);1-6H. The molecule has 0 saturated heterocycles. The van der Waals surface area contributed by atoms with Crippen molar-refractivity contribution in [2.24, 2.45) is 0 Å². The molecule has 0 bridgehead atoms. The maximum absolute atomic E-state index is 11.0. The predicted octanol–water partition coefficient (Wildman–Crippen LogP) is 4.17. The molecule has 0 saturated carbocycles. The zero-order valence-electron chi connectivity index (χ0n) is 10.1. The van der Waals surface area contributed by atoms with Gasteiger partial charge in [-0.15, -0.1) is 19.2 Å². The van der Waals surface area contributed by atoms with Crippen molar-refractivity contribution in [2.45, 2.75) is 6.42 Å². The summed E-state index contributed by atoms with van der Waals surface area (Å²) in [6.07, 6.45) is 2.48. The fourth-order valence-corrected chi connectivity index (χ4v) is 1.67. The Morgan fingerprint density at radius 2 is 1.50 bits per heavy atom. The number of rotatable bonds is 3. The van der Waals surface area contributed by atoms with Crippen molar-refractivity contribution in [1.82, 2.24) is 0 Å². The van der Waals surface area contributed by atoms with Crippen LogP contribution in [-0.4, -0.2) is 5.12 Å². The van der Waals surface area contributed by atoms with Crippen LogP contribution >= 0.6 is 12.6 Å². The summed E-state index contributed by atoms with van der Waals surface area (Å²) >= 11 is 3.78. The van der Waals surface area contributed by atoms with Gasteiger partial charge in [-0.25, -0.2) is 0 Å². The molecule has 92 valence electrons. The molecule has 2 rings (SSSR count). The van der Waals surface area contributed by atoms with E-state index < -0.39 is 0 Å². The molecule has 18 heavy (non-hydrogen) atoms. The lowest BCUT2D eigenvalue weighted by atomic mass is 10.1. The van der Waals surface area contributed by atoms with Gasteiger partial charge in [0.25, 0.3) is 0 Å². The van der Waals surface area contributed by atoms with E-state index in [0.717, 1.165) is 5.56 Å². The summed E-state index contributed by atoms with van der Waals surface area (Å²) in [4.78, 5) is 11.0. The van der Waals surface area contributed by atoms with Crippen LogP contribution in [0.1, 0.15) is 15.9 Å². The Bertz CT molecular complexity index is 465. The van der Waals surface area contributed by atoms with Gasteiger partial charge in [0.1, 0.15) is 0 Å². The Morgan fingerprint density at radius 1 is 1.00 bits per heavy atom. The summed E-state index contributed by atoms with van der Waals surface area (Å²) in [5.41, 5.74) is 1.65. The minimum atomic E-state index is -0.188. The van der Waals surface area contributed by atoms with Crippen LogP contribution in [0.25, 0.3) is 0 Å². The van der Waals surface area contributed by atoms with Gasteiger partial charge in [0.15, 0.2) is 0 Å². The third-order valence-electron chi connectivity index (χ3n) is 2.28. The Labute approximate surface area is 114 Å². The molecule has 2 aromatic rings. The van der Waals surface area contributed by atoms with E-state index in [9.17, 15) is 4.79 Å². The van der Waals surface area contributed by atoms with Crippen molar-refractivity contribution in [2.75, 3.05) is 0 Å². The number of allylic oxidation sites excluding steroid dienone is 1. The van der Waals surface area contributed by atoms with Gasteiger partial charge in [-0.1, -0.05) is 66.7 Å². The minimum absolute atomic E-state index is 0.188. The van der Waals surface area contributed by atoms with Crippen LogP contribution < -0.4 is 0 Å². The second-order valence-electron chi connectivity index (χ2n) is 3.61. The van der Waals surface area contributed by atoms with Gasteiger partial charge in [0.05, 0.1) is 0 Å². The van der Waals surface area contributed by atoms with Gasteiger partial charge in [-0.3, -0.25) is 4.79 Å². The molecule has 2 aromatic carbocycles. The molecule has 0 aliphatic heterocycles. The molecule has 0 atom stereocenters. The quantitative estimate of drug-likeness (QED) is 0.644. The molecular weight excluding hydrogens is 240 g/mol. The molecule has 0 spiro atoms. The van der Waals surface area contributed by atoms with Gasteiger partial charge in [0.2, 0.25) is 5.12 Å². The molecule has 0 aliphatic rings. The van der Waals surface area contributed by atoms with Crippen molar-refractivity contribution in [1.29, 1.82) is 0 Å². The lowest BCUT2D eigenvalue weighted by Crippen LogP contribution is -1.95. The lowest BCUT2D eigenvalue weighted by molar-refractivity contribution is 0.109. The van der Waals surface area contributed by atoms with Crippen LogP contribution in [0.5, 0.6) is 0 Å². The first-order chi connectivity index (χ1) is 8.75. The van der Waals surface area contributed by atoms with E-state index in [2.05, 4.69) is 19.2 Å². The Balaban J connectivity index is 0.000000225. The SMILES string of the molecule is C=CCc1ccccc1C(=O)S.c1ccccc1. The van der Waals surface area contributed by atoms with Crippen molar-refractivity contribution in [3.63, 3.8) is 0 Å². The number of benzene rings is 2. The fraction of sp³-hybridized carbons (Fsp3) is 0.0625. The van der Waals surface area contributed by atoms with Gasteiger partial charge in [0, 0.05) is 5.56 Å². The average molecular weight is 256 g/mol. The average Bonchev–Trinajstić information content (AvgIpc) is 2.42. The number of carbonyl (C=O) groups excluding carboxylic acids is 1. The first kappa shape index (κ1) is 14.3. The summed E-state index contributed by atoms with van der Waals surface area (Å²) in [7, 11) is 0. The topological polar surface area (TPSA) is 17.1 Å². The van der Waals surface area contributed by atoms with E-state index in [4.69, 9.17) is 0 Å². The van der Waals surface area contributed by atoms with E-state index in [1.54, 1.807) is 12.1 Å². The van der Waals surface area contributed by atoms with E-state index >= 15 is 0 Å². The second kappa shape index (κ2) is 8.31. The van der Waals surface area contributed by atoms with Crippen molar-refractivity contribution >= 4 is 17.7 Å². The van der Waals surface area contributed by atoms with Crippen molar-refractivity contribution in [3.8, 4) is 0 Å². The maximum Gasteiger partial charge on any atom is 0.216 e. The molecule has 1 nitrogen and oxygen atoms in total. The largest absolute Gasteiger partial charge is 0.282 e. The minimum Gasteiger partial charge on any atom is -0.282 e. The predicted molar refractivity (Wildman–Crippen MR) is 80.1 cm³/mol. The van der Waals surface area contributed by atoms with E-state index in [-0.39, 0.29) is 5.12 Å². The van der Waals surface area contributed by atoms with Gasteiger partial charge in [-0.2, -0.15) is 0 Å². The summed E-state index contributed by atoms with van der Waals surface area (Å²) in [6, 6.07) is 19.4. The number of hydrogen-bond donors (Lipinski definition) is 1. The first-order valence-corrected chi connectivity index (χ1v) is 6.12. The molecular formula is C16H16OS.